The predicted molar refractivity (Wildman–Crippen MR) is 108 cm³/mol. The van der Waals surface area contributed by atoms with Gasteiger partial charge in [-0.25, -0.2) is 4.98 Å². The van der Waals surface area contributed by atoms with Crippen LogP contribution in [0.3, 0.4) is 0 Å². The molecule has 1 atom stereocenters. The Kier molecular flexibility index (Phi) is 8.71. The van der Waals surface area contributed by atoms with Crippen molar-refractivity contribution in [1.82, 2.24) is 9.88 Å². The van der Waals surface area contributed by atoms with Crippen LogP contribution in [-0.2, 0) is 12.4 Å². The van der Waals surface area contributed by atoms with E-state index in [2.05, 4.69) is 9.88 Å². The Bertz CT molecular complexity index is 842. The molecule has 1 aromatic heterocycles. The Labute approximate surface area is 178 Å². The number of pyridine rings is 1. The number of aliphatic hydroxyl groups excluding tert-OH is 1. The summed E-state index contributed by atoms with van der Waals surface area (Å²) in [7, 11) is 0. The third-order valence-corrected chi connectivity index (χ3v) is 5.20. The normalized spacial score (nSPS) is 13.9. The van der Waals surface area contributed by atoms with Crippen molar-refractivity contribution in [3.05, 3.63) is 41.1 Å². The topological polar surface area (TPSA) is 36.4 Å². The van der Waals surface area contributed by atoms with Crippen molar-refractivity contribution >= 4 is 10.9 Å². The maximum atomic E-state index is 13.4. The second-order valence-electron chi connectivity index (χ2n) is 7.65. The summed E-state index contributed by atoms with van der Waals surface area (Å²) in [5, 5.41) is 10.6. The highest BCUT2D eigenvalue weighted by molar-refractivity contribution is 5.86. The Morgan fingerprint density at radius 1 is 0.935 bits per heavy atom. The third-order valence-electron chi connectivity index (χ3n) is 5.20. The molecule has 3 nitrogen and oxygen atoms in total. The molecule has 2 rings (SSSR count). The number of hydrogen-bond donors (Lipinski definition) is 1. The van der Waals surface area contributed by atoms with Crippen LogP contribution in [0.4, 0.5) is 26.3 Å². The molecular weight excluding hydrogens is 422 g/mol. The quantitative estimate of drug-likeness (QED) is 0.415. The Morgan fingerprint density at radius 2 is 1.55 bits per heavy atom. The number of nitrogens with zero attached hydrogens (tertiary/aromatic N) is 2. The molecule has 0 unspecified atom stereocenters. The lowest BCUT2D eigenvalue weighted by molar-refractivity contribution is -0.142. The van der Waals surface area contributed by atoms with Crippen LogP contribution in [0.25, 0.3) is 10.9 Å². The number of rotatable bonds is 10. The second kappa shape index (κ2) is 10.6. The van der Waals surface area contributed by atoms with E-state index in [0.717, 1.165) is 44.8 Å². The summed E-state index contributed by atoms with van der Waals surface area (Å²) in [6, 6.07) is 3.74. The van der Waals surface area contributed by atoms with Gasteiger partial charge in [0.05, 0.1) is 17.2 Å². The van der Waals surface area contributed by atoms with E-state index in [0.29, 0.717) is 18.7 Å². The lowest BCUT2D eigenvalue weighted by atomic mass is 9.97. The fourth-order valence-corrected chi connectivity index (χ4v) is 3.48. The number of halogens is 6. The van der Waals surface area contributed by atoms with Crippen molar-refractivity contribution in [1.29, 1.82) is 0 Å². The van der Waals surface area contributed by atoms with Crippen LogP contribution in [0.2, 0.25) is 0 Å². The maximum absolute atomic E-state index is 13.4. The minimum atomic E-state index is -4.93. The van der Waals surface area contributed by atoms with Crippen molar-refractivity contribution in [2.75, 3.05) is 19.6 Å². The highest BCUT2D eigenvalue weighted by Gasteiger charge is 2.38. The molecule has 0 amide bonds. The Morgan fingerprint density at radius 3 is 2.06 bits per heavy atom. The van der Waals surface area contributed by atoms with E-state index in [4.69, 9.17) is 0 Å². The van der Waals surface area contributed by atoms with Gasteiger partial charge in [-0.05, 0) is 50.0 Å². The first-order chi connectivity index (χ1) is 14.5. The van der Waals surface area contributed by atoms with Crippen LogP contribution in [0.1, 0.15) is 68.9 Å². The fourth-order valence-electron chi connectivity index (χ4n) is 3.48. The number of fused-ring (bicyclic) bond motifs is 1. The number of hydrogen-bond acceptors (Lipinski definition) is 3. The van der Waals surface area contributed by atoms with Crippen molar-refractivity contribution < 1.29 is 31.4 Å². The minimum absolute atomic E-state index is 0.111. The van der Waals surface area contributed by atoms with Gasteiger partial charge in [0, 0.05) is 11.9 Å². The molecule has 2 aromatic rings. The van der Waals surface area contributed by atoms with E-state index in [1.807, 2.05) is 13.8 Å². The summed E-state index contributed by atoms with van der Waals surface area (Å²) in [5.41, 5.74) is -3.68. The molecule has 1 heterocycles. The van der Waals surface area contributed by atoms with Crippen LogP contribution >= 0.6 is 0 Å². The molecule has 0 aliphatic rings. The average Bonchev–Trinajstić information content (AvgIpc) is 2.70. The zero-order chi connectivity index (χ0) is 23.2. The molecule has 0 spiro atoms. The van der Waals surface area contributed by atoms with Gasteiger partial charge < -0.3 is 10.0 Å². The number of benzene rings is 1. The molecule has 0 bridgehead atoms. The highest BCUT2D eigenvalue weighted by Crippen LogP contribution is 2.39. The lowest BCUT2D eigenvalue weighted by Crippen LogP contribution is -2.28. The molecule has 0 fully saturated rings. The summed E-state index contributed by atoms with van der Waals surface area (Å²) < 4.78 is 80.2. The minimum Gasteiger partial charge on any atom is -0.388 e. The van der Waals surface area contributed by atoms with Crippen LogP contribution in [0, 0.1) is 0 Å². The third kappa shape index (κ3) is 6.80. The van der Waals surface area contributed by atoms with E-state index in [1.54, 1.807) is 0 Å². The van der Waals surface area contributed by atoms with Gasteiger partial charge in [0.15, 0.2) is 0 Å². The van der Waals surface area contributed by atoms with Gasteiger partial charge in [-0.3, -0.25) is 0 Å². The van der Waals surface area contributed by atoms with Crippen molar-refractivity contribution in [3.8, 4) is 0 Å². The van der Waals surface area contributed by atoms with Gasteiger partial charge >= 0.3 is 12.4 Å². The van der Waals surface area contributed by atoms with E-state index >= 15 is 0 Å². The fraction of sp³-hybridized carbons (Fsp3) is 0.591. The molecule has 0 aliphatic carbocycles. The van der Waals surface area contributed by atoms with Crippen LogP contribution in [0.15, 0.2) is 24.3 Å². The predicted octanol–water partition coefficient (Wildman–Crippen LogP) is 6.60. The summed E-state index contributed by atoms with van der Waals surface area (Å²) in [4.78, 5) is 5.40. The first-order valence-electron chi connectivity index (χ1n) is 10.5. The summed E-state index contributed by atoms with van der Waals surface area (Å²) in [6.07, 6.45) is -7.17. The monoisotopic (exact) mass is 450 g/mol. The number of unbranched alkanes of at least 4 members (excludes halogenated alkanes) is 2. The van der Waals surface area contributed by atoms with Crippen LogP contribution < -0.4 is 0 Å². The van der Waals surface area contributed by atoms with Gasteiger partial charge in [0.25, 0.3) is 0 Å². The van der Waals surface area contributed by atoms with Gasteiger partial charge in [-0.1, -0.05) is 38.8 Å². The zero-order valence-corrected chi connectivity index (χ0v) is 17.7. The first kappa shape index (κ1) is 25.4. The summed E-state index contributed by atoms with van der Waals surface area (Å²) >= 11 is 0. The highest BCUT2D eigenvalue weighted by atomic mass is 19.4. The maximum Gasteiger partial charge on any atom is 0.433 e. The zero-order valence-electron chi connectivity index (χ0n) is 17.7. The van der Waals surface area contributed by atoms with Gasteiger partial charge in [-0.2, -0.15) is 26.3 Å². The van der Waals surface area contributed by atoms with Crippen LogP contribution in [0.5, 0.6) is 0 Å². The molecule has 0 radical (unpaired) electrons. The summed E-state index contributed by atoms with van der Waals surface area (Å²) in [5.74, 6) is 0. The van der Waals surface area contributed by atoms with Gasteiger partial charge in [-0.15, -0.1) is 0 Å². The molecule has 174 valence electrons. The van der Waals surface area contributed by atoms with Gasteiger partial charge in [0.1, 0.15) is 5.69 Å². The number of aliphatic hydroxyl groups is 1. The largest absolute Gasteiger partial charge is 0.433 e. The van der Waals surface area contributed by atoms with Crippen molar-refractivity contribution in [2.45, 2.75) is 64.4 Å². The molecular formula is C22H28F6N2O. The number of aromatic nitrogens is 1. The standard InChI is InChI=1S/C22H28F6N2O/c1-3-5-11-30(12-6-4-2)13-10-18(31)16-14-19(22(26,27)28)29-20-15(16)8-7-9-17(20)21(23,24)25/h7-9,14,18,31H,3-6,10-13H2,1-2H3/t18-/m1/s1. The van der Waals surface area contributed by atoms with E-state index in [9.17, 15) is 31.4 Å². The Balaban J connectivity index is 2.42. The molecule has 0 saturated carbocycles. The lowest BCUT2D eigenvalue weighted by Gasteiger charge is -2.24. The smallest absolute Gasteiger partial charge is 0.388 e. The number of para-hydroxylation sites is 1. The molecule has 1 aromatic carbocycles. The SMILES string of the molecule is CCCCN(CCCC)CC[C@@H](O)c1cc(C(F)(F)F)nc2c(C(F)(F)F)cccc12. The van der Waals surface area contributed by atoms with Crippen LogP contribution in [-0.4, -0.2) is 34.6 Å². The average molecular weight is 450 g/mol. The van der Waals surface area contributed by atoms with Crippen molar-refractivity contribution in [3.63, 3.8) is 0 Å². The summed E-state index contributed by atoms with van der Waals surface area (Å²) in [6.45, 7) is 6.13. The molecule has 9 heteroatoms. The van der Waals surface area contributed by atoms with Gasteiger partial charge in [0.2, 0.25) is 0 Å². The van der Waals surface area contributed by atoms with E-state index < -0.39 is 35.2 Å². The first-order valence-corrected chi connectivity index (χ1v) is 10.5. The number of alkyl halides is 6. The Hall–Kier alpha value is -1.87. The molecule has 1 N–H and O–H groups in total. The van der Waals surface area contributed by atoms with E-state index in [-0.39, 0.29) is 17.4 Å². The van der Waals surface area contributed by atoms with Crippen molar-refractivity contribution in [2.24, 2.45) is 0 Å². The second-order valence-corrected chi connectivity index (χ2v) is 7.65. The van der Waals surface area contributed by atoms with E-state index in [1.165, 1.54) is 6.07 Å². The molecule has 31 heavy (non-hydrogen) atoms. The molecule has 0 aliphatic heterocycles. The molecule has 0 saturated heterocycles.